The molecule has 0 aliphatic rings. The molecule has 2 N–H and O–H groups in total. The molecule has 0 heterocycles. The summed E-state index contributed by atoms with van der Waals surface area (Å²) in [5, 5.41) is -0.141. The first-order valence-electron chi connectivity index (χ1n) is 2.16. The minimum atomic E-state index is -4.07. The Morgan fingerprint density at radius 3 is 2.22 bits per heavy atom. The van der Waals surface area contributed by atoms with Crippen molar-refractivity contribution in [2.45, 2.75) is 6.92 Å². The van der Waals surface area contributed by atoms with Gasteiger partial charge in [0.2, 0.25) is 0 Å². The van der Waals surface area contributed by atoms with Crippen LogP contribution < -0.4 is 0 Å². The molecule has 0 fully saturated rings. The van der Waals surface area contributed by atoms with Gasteiger partial charge in [-0.05, 0) is 13.5 Å². The first-order valence-corrected chi connectivity index (χ1v) is 3.77. The highest BCUT2D eigenvalue weighted by Gasteiger charge is 2.14. The molecule has 0 unspecified atom stereocenters. The Balaban J connectivity index is 4.84. The lowest BCUT2D eigenvalue weighted by Crippen LogP contribution is -1.75. The van der Waals surface area contributed by atoms with Crippen molar-refractivity contribution >= 4 is 7.60 Å². The third-order valence-corrected chi connectivity index (χ3v) is 1.69. The van der Waals surface area contributed by atoms with Crippen LogP contribution in [0.25, 0.3) is 0 Å². The van der Waals surface area contributed by atoms with Crippen LogP contribution in [-0.4, -0.2) is 9.79 Å². The van der Waals surface area contributed by atoms with Gasteiger partial charge in [0.15, 0.2) is 0 Å². The molecule has 0 aliphatic carbocycles. The zero-order valence-corrected chi connectivity index (χ0v) is 5.85. The van der Waals surface area contributed by atoms with Crippen molar-refractivity contribution in [1.82, 2.24) is 0 Å². The van der Waals surface area contributed by atoms with E-state index in [0.717, 1.165) is 0 Å². The second kappa shape index (κ2) is 2.84. The molecule has 0 bridgehead atoms. The SMILES string of the molecule is C=C=C=C(C)P(=O)(O)O. The molecule has 4 heteroatoms. The van der Waals surface area contributed by atoms with Crippen molar-refractivity contribution < 1.29 is 14.4 Å². The van der Waals surface area contributed by atoms with Crippen molar-refractivity contribution in [3.05, 3.63) is 23.4 Å². The summed E-state index contributed by atoms with van der Waals surface area (Å²) in [7, 11) is -4.07. The van der Waals surface area contributed by atoms with E-state index in [0.29, 0.717) is 0 Å². The van der Waals surface area contributed by atoms with Crippen LogP contribution in [0.4, 0.5) is 0 Å². The quantitative estimate of drug-likeness (QED) is 0.428. The first-order chi connectivity index (χ1) is 3.98. The maximum Gasteiger partial charge on any atom is 0.360 e. The predicted molar refractivity (Wildman–Crippen MR) is 33.9 cm³/mol. The molecule has 0 amide bonds. The average molecular weight is 146 g/mol. The minimum Gasteiger partial charge on any atom is -0.321 e. The van der Waals surface area contributed by atoms with E-state index in [4.69, 9.17) is 9.79 Å². The van der Waals surface area contributed by atoms with Gasteiger partial charge < -0.3 is 9.79 Å². The van der Waals surface area contributed by atoms with Crippen LogP contribution in [-0.2, 0) is 4.57 Å². The molecule has 0 aromatic carbocycles. The Labute approximate surface area is 53.2 Å². The molecular weight excluding hydrogens is 139 g/mol. The van der Waals surface area contributed by atoms with E-state index in [9.17, 15) is 4.57 Å². The van der Waals surface area contributed by atoms with Gasteiger partial charge in [-0.2, -0.15) is 0 Å². The zero-order chi connectivity index (χ0) is 7.49. The van der Waals surface area contributed by atoms with E-state index in [-0.39, 0.29) is 5.31 Å². The highest BCUT2D eigenvalue weighted by Crippen LogP contribution is 2.43. The van der Waals surface area contributed by atoms with Gasteiger partial charge >= 0.3 is 7.60 Å². The summed E-state index contributed by atoms with van der Waals surface area (Å²) in [5.41, 5.74) is 4.32. The summed E-state index contributed by atoms with van der Waals surface area (Å²) in [6.07, 6.45) is 0. The van der Waals surface area contributed by atoms with E-state index in [1.54, 1.807) is 0 Å². The van der Waals surface area contributed by atoms with Crippen LogP contribution in [0, 0.1) is 0 Å². The van der Waals surface area contributed by atoms with Crippen LogP contribution in [0.5, 0.6) is 0 Å². The Morgan fingerprint density at radius 1 is 1.67 bits per heavy atom. The molecule has 50 valence electrons. The molecule has 0 radical (unpaired) electrons. The topological polar surface area (TPSA) is 57.5 Å². The Kier molecular flexibility index (Phi) is 2.66. The second-order valence-electron chi connectivity index (χ2n) is 1.43. The molecule has 0 saturated carbocycles. The lowest BCUT2D eigenvalue weighted by Gasteiger charge is -1.96. The molecule has 3 nitrogen and oxygen atoms in total. The molecule has 0 rings (SSSR count). The van der Waals surface area contributed by atoms with Crippen LogP contribution in [0.2, 0.25) is 0 Å². The zero-order valence-electron chi connectivity index (χ0n) is 4.96. The third-order valence-electron chi connectivity index (χ3n) is 0.706. The molecule has 0 spiro atoms. The molecule has 0 atom stereocenters. The van der Waals surface area contributed by atoms with Gasteiger partial charge in [-0.1, -0.05) is 11.5 Å². The fourth-order valence-corrected chi connectivity index (χ4v) is 0.425. The summed E-state index contributed by atoms with van der Waals surface area (Å²) in [6.45, 7) is 4.39. The summed E-state index contributed by atoms with van der Waals surface area (Å²) in [5.74, 6) is 0. The van der Waals surface area contributed by atoms with E-state index in [2.05, 4.69) is 18.0 Å². The maximum atomic E-state index is 10.2. The minimum absolute atomic E-state index is 0.141. The number of hydrogen-bond donors (Lipinski definition) is 2. The number of allylic oxidation sites excluding steroid dienone is 1. The predicted octanol–water partition coefficient (Wildman–Crippen LogP) is 1.01. The van der Waals surface area contributed by atoms with Crippen molar-refractivity contribution in [2.75, 3.05) is 0 Å². The molecule has 0 aromatic rings. The number of rotatable bonds is 1. The van der Waals surface area contributed by atoms with Gasteiger partial charge in [0, 0.05) is 0 Å². The molecular formula is C5H7O3P. The normalized spacial score (nSPS) is 9.67. The van der Waals surface area contributed by atoms with E-state index in [1.165, 1.54) is 6.92 Å². The Hall–Kier alpha value is -0.550. The second-order valence-corrected chi connectivity index (χ2v) is 3.19. The third kappa shape index (κ3) is 3.10. The fourth-order valence-electron chi connectivity index (χ4n) is 0.201. The van der Waals surface area contributed by atoms with Gasteiger partial charge in [0.1, 0.15) is 0 Å². The molecule has 0 aliphatic heterocycles. The monoisotopic (exact) mass is 146 g/mol. The average Bonchev–Trinajstić information content (AvgIpc) is 1.64. The summed E-state index contributed by atoms with van der Waals surface area (Å²) in [4.78, 5) is 16.7. The fraction of sp³-hybridized carbons (Fsp3) is 0.200. The van der Waals surface area contributed by atoms with Gasteiger partial charge in [0.05, 0.1) is 5.31 Å². The van der Waals surface area contributed by atoms with Crippen LogP contribution >= 0.6 is 7.60 Å². The van der Waals surface area contributed by atoms with Crippen LogP contribution in [0.3, 0.4) is 0 Å². The summed E-state index contributed by atoms with van der Waals surface area (Å²) in [6, 6.07) is 0. The van der Waals surface area contributed by atoms with Gasteiger partial charge in [0.25, 0.3) is 0 Å². The van der Waals surface area contributed by atoms with Gasteiger partial charge in [-0.15, -0.1) is 0 Å². The lowest BCUT2D eigenvalue weighted by atomic mass is 10.6. The van der Waals surface area contributed by atoms with E-state index in [1.807, 2.05) is 0 Å². The van der Waals surface area contributed by atoms with Gasteiger partial charge in [-0.25, -0.2) is 0 Å². The van der Waals surface area contributed by atoms with Crippen LogP contribution in [0.1, 0.15) is 6.92 Å². The van der Waals surface area contributed by atoms with Crippen molar-refractivity contribution in [2.24, 2.45) is 0 Å². The van der Waals surface area contributed by atoms with E-state index < -0.39 is 7.60 Å². The summed E-state index contributed by atoms with van der Waals surface area (Å²) < 4.78 is 10.2. The van der Waals surface area contributed by atoms with Crippen molar-refractivity contribution in [1.29, 1.82) is 0 Å². The number of hydrogen-bond acceptors (Lipinski definition) is 1. The largest absolute Gasteiger partial charge is 0.360 e. The highest BCUT2D eigenvalue weighted by atomic mass is 31.2. The molecule has 0 saturated heterocycles. The van der Waals surface area contributed by atoms with Crippen LogP contribution in [0.15, 0.2) is 23.4 Å². The summed E-state index contributed by atoms with van der Waals surface area (Å²) >= 11 is 0. The molecule has 0 aromatic heterocycles. The Morgan fingerprint density at radius 2 is 2.11 bits per heavy atom. The highest BCUT2D eigenvalue weighted by molar-refractivity contribution is 7.56. The maximum absolute atomic E-state index is 10.2. The first kappa shape index (κ1) is 8.45. The van der Waals surface area contributed by atoms with E-state index >= 15 is 0 Å². The van der Waals surface area contributed by atoms with Crippen molar-refractivity contribution in [3.8, 4) is 0 Å². The van der Waals surface area contributed by atoms with Crippen molar-refractivity contribution in [3.63, 3.8) is 0 Å². The Bertz CT molecular complexity index is 225. The smallest absolute Gasteiger partial charge is 0.321 e. The lowest BCUT2D eigenvalue weighted by molar-refractivity contribution is 0.382. The standard InChI is InChI=1S/C5H7O3P/c1-3-4-5(2)9(6,7)8/h1H2,2H3,(H2,6,7,8). The van der Waals surface area contributed by atoms with Gasteiger partial charge in [-0.3, -0.25) is 4.57 Å². The molecule has 9 heavy (non-hydrogen) atoms.